The molecule has 0 bridgehead atoms. The minimum Gasteiger partial charge on any atom is -0.494 e. The predicted molar refractivity (Wildman–Crippen MR) is 102 cm³/mol. The van der Waals surface area contributed by atoms with Gasteiger partial charge in [-0.1, -0.05) is 36.4 Å². The lowest BCUT2D eigenvalue weighted by atomic mass is 10.1. The van der Waals surface area contributed by atoms with Crippen molar-refractivity contribution in [2.75, 3.05) is 19.0 Å². The third-order valence-electron chi connectivity index (χ3n) is 4.51. The smallest absolute Gasteiger partial charge is 0.165 e. The molecule has 0 amide bonds. The number of fused-ring (bicyclic) bond motifs is 1. The Morgan fingerprint density at radius 1 is 1.07 bits per heavy atom. The summed E-state index contributed by atoms with van der Waals surface area (Å²) in [5, 5.41) is 3.39. The fraction of sp³-hybridized carbons (Fsp3) is 0.182. The van der Waals surface area contributed by atoms with Crippen LogP contribution in [0.5, 0.6) is 17.2 Å². The number of hydrogen-bond acceptors (Lipinski definition) is 4. The molecule has 0 saturated heterocycles. The molecule has 0 radical (unpaired) electrons. The van der Waals surface area contributed by atoms with Gasteiger partial charge in [-0.15, -0.1) is 0 Å². The van der Waals surface area contributed by atoms with Gasteiger partial charge in [0, 0.05) is 6.07 Å². The van der Waals surface area contributed by atoms with Crippen molar-refractivity contribution in [3.63, 3.8) is 0 Å². The molecule has 0 aromatic heterocycles. The average Bonchev–Trinajstić information content (AvgIpc) is 2.72. The fourth-order valence-electron chi connectivity index (χ4n) is 3.05. The Kier molecular flexibility index (Phi) is 4.83. The fourth-order valence-corrected chi connectivity index (χ4v) is 3.05. The summed E-state index contributed by atoms with van der Waals surface area (Å²) in [6.45, 7) is 0.904. The van der Waals surface area contributed by atoms with Gasteiger partial charge in [0.15, 0.2) is 11.6 Å². The van der Waals surface area contributed by atoms with Crippen LogP contribution in [0.4, 0.5) is 10.1 Å². The molecule has 4 rings (SSSR count). The normalized spacial score (nSPS) is 15.3. The lowest BCUT2D eigenvalue weighted by Gasteiger charge is -2.28. The molecule has 1 atom stereocenters. The van der Waals surface area contributed by atoms with E-state index in [1.165, 1.54) is 13.2 Å². The van der Waals surface area contributed by atoms with Crippen LogP contribution in [0.25, 0.3) is 0 Å². The molecule has 1 heterocycles. The molecular weight excluding hydrogens is 345 g/mol. The van der Waals surface area contributed by atoms with Crippen LogP contribution in [-0.4, -0.2) is 13.7 Å². The van der Waals surface area contributed by atoms with Crippen molar-refractivity contribution in [2.24, 2.45) is 0 Å². The Labute approximate surface area is 157 Å². The molecule has 3 aromatic carbocycles. The van der Waals surface area contributed by atoms with Crippen molar-refractivity contribution in [2.45, 2.75) is 12.6 Å². The molecule has 3 aromatic rings. The summed E-state index contributed by atoms with van der Waals surface area (Å²) in [7, 11) is 1.45. The van der Waals surface area contributed by atoms with Gasteiger partial charge in [0.05, 0.1) is 18.8 Å². The molecule has 1 N–H and O–H groups in total. The van der Waals surface area contributed by atoms with Crippen LogP contribution >= 0.6 is 0 Å². The van der Waals surface area contributed by atoms with Gasteiger partial charge in [0.25, 0.3) is 0 Å². The zero-order valence-electron chi connectivity index (χ0n) is 14.9. The molecule has 138 valence electrons. The van der Waals surface area contributed by atoms with E-state index in [-0.39, 0.29) is 17.6 Å². The number of hydrogen-bond donors (Lipinski definition) is 1. The first-order chi connectivity index (χ1) is 13.2. The van der Waals surface area contributed by atoms with Crippen LogP contribution in [0.1, 0.15) is 17.2 Å². The van der Waals surface area contributed by atoms with Gasteiger partial charge in [-0.2, -0.15) is 0 Å². The number of methoxy groups -OCH3 is 1. The molecule has 27 heavy (non-hydrogen) atoms. The van der Waals surface area contributed by atoms with Gasteiger partial charge in [0.2, 0.25) is 0 Å². The standard InChI is InChI=1S/C22H20FNO3/c1-25-21-10-7-16(11-18(21)23)20-14-27-22-12-17(8-9-19(22)24-20)26-13-15-5-3-2-4-6-15/h2-12,20,24H,13-14H2,1H3. The maximum absolute atomic E-state index is 14.0. The van der Waals surface area contributed by atoms with Crippen LogP contribution in [0.3, 0.4) is 0 Å². The number of nitrogens with one attached hydrogen (secondary N) is 1. The molecule has 0 saturated carbocycles. The van der Waals surface area contributed by atoms with Crippen LogP contribution < -0.4 is 19.5 Å². The predicted octanol–water partition coefficient (Wildman–Crippen LogP) is 4.96. The SMILES string of the molecule is COc1ccc(C2COc3cc(OCc4ccccc4)ccc3N2)cc1F. The number of anilines is 1. The Hall–Kier alpha value is -3.21. The summed E-state index contributed by atoms with van der Waals surface area (Å²) < 4.78 is 30.7. The molecule has 0 aliphatic carbocycles. The summed E-state index contributed by atoms with van der Waals surface area (Å²) in [5.41, 5.74) is 2.77. The zero-order valence-corrected chi connectivity index (χ0v) is 14.9. The monoisotopic (exact) mass is 365 g/mol. The van der Waals surface area contributed by atoms with Gasteiger partial charge in [0.1, 0.15) is 24.7 Å². The van der Waals surface area contributed by atoms with Crippen LogP contribution in [0, 0.1) is 5.82 Å². The van der Waals surface area contributed by atoms with E-state index in [0.29, 0.717) is 13.2 Å². The molecule has 0 fully saturated rings. The van der Waals surface area contributed by atoms with E-state index in [4.69, 9.17) is 14.2 Å². The van der Waals surface area contributed by atoms with Crippen LogP contribution in [0.15, 0.2) is 66.7 Å². The lowest BCUT2D eigenvalue weighted by Crippen LogP contribution is -2.24. The average molecular weight is 365 g/mol. The number of ether oxygens (including phenoxy) is 3. The van der Waals surface area contributed by atoms with Gasteiger partial charge >= 0.3 is 0 Å². The van der Waals surface area contributed by atoms with Crippen LogP contribution in [0.2, 0.25) is 0 Å². The maximum atomic E-state index is 14.0. The molecule has 4 nitrogen and oxygen atoms in total. The summed E-state index contributed by atoms with van der Waals surface area (Å²) in [6.07, 6.45) is 0. The Balaban J connectivity index is 1.45. The van der Waals surface area contributed by atoms with E-state index in [1.54, 1.807) is 6.07 Å². The highest BCUT2D eigenvalue weighted by molar-refractivity contribution is 5.61. The number of halogens is 1. The first-order valence-electron chi connectivity index (χ1n) is 8.76. The minimum absolute atomic E-state index is 0.131. The molecular formula is C22H20FNO3. The van der Waals surface area contributed by atoms with Crippen molar-refractivity contribution in [3.05, 3.63) is 83.7 Å². The Bertz CT molecular complexity index is 930. The lowest BCUT2D eigenvalue weighted by molar-refractivity contribution is 0.277. The van der Waals surface area contributed by atoms with Gasteiger partial charge in [-0.3, -0.25) is 0 Å². The number of benzene rings is 3. The van der Waals surface area contributed by atoms with Gasteiger partial charge < -0.3 is 19.5 Å². The van der Waals surface area contributed by atoms with Crippen LogP contribution in [-0.2, 0) is 6.61 Å². The quantitative estimate of drug-likeness (QED) is 0.694. The highest BCUT2D eigenvalue weighted by Gasteiger charge is 2.22. The second kappa shape index (κ2) is 7.58. The topological polar surface area (TPSA) is 39.7 Å². The van der Waals surface area contributed by atoms with Crippen molar-refractivity contribution in [3.8, 4) is 17.2 Å². The first kappa shape index (κ1) is 17.2. The molecule has 1 aliphatic rings. The minimum atomic E-state index is -0.382. The Morgan fingerprint density at radius 2 is 1.93 bits per heavy atom. The highest BCUT2D eigenvalue weighted by Crippen LogP contribution is 2.37. The number of rotatable bonds is 5. The third-order valence-corrected chi connectivity index (χ3v) is 4.51. The summed E-state index contributed by atoms with van der Waals surface area (Å²) in [4.78, 5) is 0. The van der Waals surface area contributed by atoms with Crippen molar-refractivity contribution in [1.82, 2.24) is 0 Å². The van der Waals surface area contributed by atoms with Crippen molar-refractivity contribution in [1.29, 1.82) is 0 Å². The van der Waals surface area contributed by atoms with E-state index in [0.717, 1.165) is 28.3 Å². The van der Waals surface area contributed by atoms with Crippen molar-refractivity contribution >= 4 is 5.69 Å². The maximum Gasteiger partial charge on any atom is 0.165 e. The van der Waals surface area contributed by atoms with Gasteiger partial charge in [-0.05, 0) is 35.4 Å². The first-order valence-corrected chi connectivity index (χ1v) is 8.76. The van der Waals surface area contributed by atoms with E-state index in [2.05, 4.69) is 5.32 Å². The van der Waals surface area contributed by atoms with E-state index < -0.39 is 0 Å². The summed E-state index contributed by atoms with van der Waals surface area (Å²) in [6, 6.07) is 20.5. The van der Waals surface area contributed by atoms with E-state index in [1.807, 2.05) is 54.6 Å². The molecule has 1 aliphatic heterocycles. The summed E-state index contributed by atoms with van der Waals surface area (Å²) >= 11 is 0. The second-order valence-electron chi connectivity index (χ2n) is 6.33. The highest BCUT2D eigenvalue weighted by atomic mass is 19.1. The third kappa shape index (κ3) is 3.82. The second-order valence-corrected chi connectivity index (χ2v) is 6.33. The molecule has 0 spiro atoms. The van der Waals surface area contributed by atoms with Crippen molar-refractivity contribution < 1.29 is 18.6 Å². The zero-order chi connectivity index (χ0) is 18.6. The Morgan fingerprint density at radius 3 is 2.70 bits per heavy atom. The molecule has 1 unspecified atom stereocenters. The summed E-state index contributed by atoms with van der Waals surface area (Å²) in [5.74, 6) is 1.32. The van der Waals surface area contributed by atoms with E-state index >= 15 is 0 Å². The van der Waals surface area contributed by atoms with Gasteiger partial charge in [-0.25, -0.2) is 4.39 Å². The molecule has 5 heteroatoms. The largest absolute Gasteiger partial charge is 0.494 e. The van der Waals surface area contributed by atoms with E-state index in [9.17, 15) is 4.39 Å².